The van der Waals surface area contributed by atoms with Gasteiger partial charge < -0.3 is 5.32 Å². The highest BCUT2D eigenvalue weighted by Crippen LogP contribution is 2.17. The molecule has 3 nitrogen and oxygen atoms in total. The van der Waals surface area contributed by atoms with Crippen molar-refractivity contribution in [2.24, 2.45) is 0 Å². The van der Waals surface area contributed by atoms with Crippen LogP contribution in [-0.2, 0) is 9.84 Å². The van der Waals surface area contributed by atoms with Gasteiger partial charge >= 0.3 is 0 Å². The van der Waals surface area contributed by atoms with E-state index < -0.39 is 21.5 Å². The van der Waals surface area contributed by atoms with Crippen LogP contribution >= 0.6 is 0 Å². The van der Waals surface area contributed by atoms with Crippen LogP contribution in [0.3, 0.4) is 0 Å². The maximum atomic E-state index is 13.4. The van der Waals surface area contributed by atoms with Gasteiger partial charge in [-0.2, -0.15) is 0 Å². The van der Waals surface area contributed by atoms with E-state index in [4.69, 9.17) is 0 Å². The minimum atomic E-state index is -2.96. The van der Waals surface area contributed by atoms with Gasteiger partial charge in [0.1, 0.15) is 21.5 Å². The van der Waals surface area contributed by atoms with Crippen molar-refractivity contribution in [2.45, 2.75) is 19.4 Å². The van der Waals surface area contributed by atoms with Crippen LogP contribution in [0.25, 0.3) is 0 Å². The van der Waals surface area contributed by atoms with Crippen molar-refractivity contribution in [1.82, 2.24) is 5.32 Å². The van der Waals surface area contributed by atoms with Crippen LogP contribution in [0.4, 0.5) is 8.78 Å². The van der Waals surface area contributed by atoms with Gasteiger partial charge in [-0.25, -0.2) is 17.2 Å². The maximum Gasteiger partial charge on any atom is 0.147 e. The molecule has 1 atom stereocenters. The van der Waals surface area contributed by atoms with Gasteiger partial charge in [-0.3, -0.25) is 0 Å². The molecule has 0 radical (unpaired) electrons. The van der Waals surface area contributed by atoms with Crippen LogP contribution in [0, 0.1) is 11.6 Å². The second-order valence-corrected chi connectivity index (χ2v) is 6.58. The third kappa shape index (κ3) is 5.10. The Morgan fingerprint density at radius 1 is 1.33 bits per heavy atom. The lowest BCUT2D eigenvalue weighted by molar-refractivity contribution is 0.516. The topological polar surface area (TPSA) is 46.2 Å². The van der Waals surface area contributed by atoms with Crippen LogP contribution in [0.2, 0.25) is 0 Å². The summed E-state index contributed by atoms with van der Waals surface area (Å²) in [6.07, 6.45) is 1.64. The first-order valence-electron chi connectivity index (χ1n) is 5.65. The third-order valence-electron chi connectivity index (χ3n) is 2.57. The van der Waals surface area contributed by atoms with E-state index in [0.717, 1.165) is 6.07 Å². The van der Waals surface area contributed by atoms with E-state index in [9.17, 15) is 17.2 Å². The average Bonchev–Trinajstić information content (AvgIpc) is 2.22. The molecule has 0 saturated carbocycles. The molecule has 0 fully saturated rings. The molecule has 1 N–H and O–H groups in total. The molecule has 1 rings (SSSR count). The lowest BCUT2D eigenvalue weighted by Gasteiger charge is -2.14. The van der Waals surface area contributed by atoms with Crippen molar-refractivity contribution in [3.8, 4) is 0 Å². The van der Waals surface area contributed by atoms with E-state index in [1.54, 1.807) is 6.92 Å². The molecule has 0 aliphatic carbocycles. The summed E-state index contributed by atoms with van der Waals surface area (Å²) in [7, 11) is -2.96. The van der Waals surface area contributed by atoms with Crippen molar-refractivity contribution >= 4 is 9.84 Å². The van der Waals surface area contributed by atoms with Gasteiger partial charge in [-0.1, -0.05) is 6.07 Å². The number of nitrogens with one attached hydrogen (secondary N) is 1. The van der Waals surface area contributed by atoms with Gasteiger partial charge in [-0.15, -0.1) is 0 Å². The number of hydrogen-bond acceptors (Lipinski definition) is 3. The molecule has 1 aromatic carbocycles. The molecular formula is C12H17F2NO2S. The molecule has 0 bridgehead atoms. The Morgan fingerprint density at radius 3 is 2.56 bits per heavy atom. The molecule has 0 saturated heterocycles. The van der Waals surface area contributed by atoms with E-state index >= 15 is 0 Å². The Labute approximate surface area is 106 Å². The van der Waals surface area contributed by atoms with Gasteiger partial charge in [0.2, 0.25) is 0 Å². The fourth-order valence-electron chi connectivity index (χ4n) is 1.62. The van der Waals surface area contributed by atoms with E-state index in [-0.39, 0.29) is 11.8 Å². The monoisotopic (exact) mass is 277 g/mol. The van der Waals surface area contributed by atoms with E-state index in [1.807, 2.05) is 0 Å². The van der Waals surface area contributed by atoms with Crippen LogP contribution in [0.1, 0.15) is 24.9 Å². The van der Waals surface area contributed by atoms with Gasteiger partial charge in [0, 0.05) is 23.9 Å². The highest BCUT2D eigenvalue weighted by molar-refractivity contribution is 7.90. The molecule has 0 heterocycles. The second-order valence-electron chi connectivity index (χ2n) is 4.33. The molecular weight excluding hydrogens is 260 g/mol. The Bertz CT molecular complexity index is 503. The Morgan fingerprint density at radius 2 is 2.00 bits per heavy atom. The maximum absolute atomic E-state index is 13.4. The molecule has 102 valence electrons. The lowest BCUT2D eigenvalue weighted by atomic mass is 10.1. The summed E-state index contributed by atoms with van der Waals surface area (Å²) < 4.78 is 48.0. The molecule has 0 aliphatic heterocycles. The standard InChI is InChI=1S/C12H17F2NO2S/c1-9(15-6-3-7-18(2,16)17)11-5-4-10(13)8-12(11)14/h4-5,8-9,15H,3,6-7H2,1-2H3. The largest absolute Gasteiger partial charge is 0.310 e. The fourth-order valence-corrected chi connectivity index (χ4v) is 2.28. The van der Waals surface area contributed by atoms with Crippen molar-refractivity contribution < 1.29 is 17.2 Å². The zero-order valence-corrected chi connectivity index (χ0v) is 11.2. The lowest BCUT2D eigenvalue weighted by Crippen LogP contribution is -2.22. The predicted molar refractivity (Wildman–Crippen MR) is 67.1 cm³/mol. The highest BCUT2D eigenvalue weighted by atomic mass is 32.2. The second kappa shape index (κ2) is 6.24. The van der Waals surface area contributed by atoms with Crippen LogP contribution in [0.15, 0.2) is 18.2 Å². The zero-order chi connectivity index (χ0) is 13.8. The predicted octanol–water partition coefficient (Wildman–Crippen LogP) is 2.05. The number of rotatable bonds is 6. The van der Waals surface area contributed by atoms with Crippen molar-refractivity contribution in [3.63, 3.8) is 0 Å². The summed E-state index contributed by atoms with van der Waals surface area (Å²) in [5, 5.41) is 3.00. The molecule has 1 unspecified atom stereocenters. The summed E-state index contributed by atoms with van der Waals surface area (Å²) in [6, 6.07) is 3.14. The Hall–Kier alpha value is -1.01. The summed E-state index contributed by atoms with van der Waals surface area (Å²) >= 11 is 0. The molecule has 0 aliphatic rings. The summed E-state index contributed by atoms with van der Waals surface area (Å²) in [5.41, 5.74) is 0.371. The molecule has 0 spiro atoms. The fraction of sp³-hybridized carbons (Fsp3) is 0.500. The third-order valence-corrected chi connectivity index (χ3v) is 3.60. The van der Waals surface area contributed by atoms with Crippen LogP contribution in [-0.4, -0.2) is 27.0 Å². The van der Waals surface area contributed by atoms with Gasteiger partial charge in [-0.05, 0) is 26.0 Å². The number of sulfone groups is 1. The van der Waals surface area contributed by atoms with Gasteiger partial charge in [0.15, 0.2) is 0 Å². The first kappa shape index (κ1) is 15.0. The average molecular weight is 277 g/mol. The molecule has 6 heteroatoms. The molecule has 18 heavy (non-hydrogen) atoms. The number of hydrogen-bond donors (Lipinski definition) is 1. The number of halogens is 2. The van der Waals surface area contributed by atoms with Gasteiger partial charge in [0.05, 0.1) is 5.75 Å². The van der Waals surface area contributed by atoms with Gasteiger partial charge in [0.25, 0.3) is 0 Å². The summed E-state index contributed by atoms with van der Waals surface area (Å²) in [5.74, 6) is -1.11. The highest BCUT2D eigenvalue weighted by Gasteiger charge is 2.11. The van der Waals surface area contributed by atoms with Crippen molar-refractivity contribution in [3.05, 3.63) is 35.4 Å². The smallest absolute Gasteiger partial charge is 0.147 e. The van der Waals surface area contributed by atoms with E-state index in [0.29, 0.717) is 18.5 Å². The molecule has 1 aromatic rings. The Balaban J connectivity index is 2.48. The summed E-state index contributed by atoms with van der Waals surface area (Å²) in [6.45, 7) is 2.21. The first-order valence-corrected chi connectivity index (χ1v) is 7.72. The van der Waals surface area contributed by atoms with E-state index in [1.165, 1.54) is 18.4 Å². The number of benzene rings is 1. The SMILES string of the molecule is CC(NCCCS(C)(=O)=O)c1ccc(F)cc1F. The zero-order valence-electron chi connectivity index (χ0n) is 10.4. The Kier molecular flexibility index (Phi) is 5.22. The quantitative estimate of drug-likeness (QED) is 0.810. The first-order chi connectivity index (χ1) is 8.29. The summed E-state index contributed by atoms with van der Waals surface area (Å²) in [4.78, 5) is 0. The minimum absolute atomic E-state index is 0.0959. The van der Waals surface area contributed by atoms with Crippen molar-refractivity contribution in [1.29, 1.82) is 0 Å². The minimum Gasteiger partial charge on any atom is -0.310 e. The molecule has 0 aromatic heterocycles. The van der Waals surface area contributed by atoms with Crippen molar-refractivity contribution in [2.75, 3.05) is 18.6 Å². The van der Waals surface area contributed by atoms with E-state index in [2.05, 4.69) is 5.32 Å². The van der Waals surface area contributed by atoms with Crippen LogP contribution < -0.4 is 5.32 Å². The normalized spacial score (nSPS) is 13.6. The van der Waals surface area contributed by atoms with Crippen LogP contribution in [0.5, 0.6) is 0 Å². The molecule has 0 amide bonds.